The van der Waals surface area contributed by atoms with Gasteiger partial charge in [0, 0.05) is 24.1 Å². The van der Waals surface area contributed by atoms with E-state index in [1.54, 1.807) is 7.11 Å². The van der Waals surface area contributed by atoms with Gasteiger partial charge < -0.3 is 10.1 Å². The van der Waals surface area contributed by atoms with Crippen LogP contribution in [0, 0.1) is 0 Å². The van der Waals surface area contributed by atoms with Crippen LogP contribution in [0.5, 0.6) is 5.75 Å². The van der Waals surface area contributed by atoms with Crippen LogP contribution in [-0.4, -0.2) is 26.0 Å². The Balaban J connectivity index is 2.33. The van der Waals surface area contributed by atoms with E-state index in [2.05, 4.69) is 44.3 Å². The predicted octanol–water partition coefficient (Wildman–Crippen LogP) is 3.37. The highest BCUT2D eigenvalue weighted by atomic mass is 32.2. The van der Waals surface area contributed by atoms with Crippen LogP contribution in [-0.2, 0) is 5.41 Å². The summed E-state index contributed by atoms with van der Waals surface area (Å²) in [6.07, 6.45) is 0. The summed E-state index contributed by atoms with van der Waals surface area (Å²) in [4.78, 5) is 0. The van der Waals surface area contributed by atoms with Crippen molar-refractivity contribution in [2.24, 2.45) is 0 Å². The van der Waals surface area contributed by atoms with Gasteiger partial charge in [0.1, 0.15) is 5.75 Å². The van der Waals surface area contributed by atoms with E-state index >= 15 is 0 Å². The number of hydrogen-bond donors (Lipinski definition) is 1. The first-order valence-corrected chi connectivity index (χ1v) is 7.58. The highest BCUT2D eigenvalue weighted by molar-refractivity contribution is 7.99. The minimum Gasteiger partial charge on any atom is -0.496 e. The third-order valence-corrected chi connectivity index (χ3v) is 4.61. The molecule has 18 heavy (non-hydrogen) atoms. The number of thioether (sulfide) groups is 1. The molecule has 3 heteroatoms. The molecule has 1 heterocycles. The molecule has 0 radical (unpaired) electrons. The Labute approximate surface area is 114 Å². The molecule has 0 aliphatic carbocycles. The maximum Gasteiger partial charge on any atom is 0.122 e. The molecule has 1 aromatic rings. The Morgan fingerprint density at radius 3 is 2.67 bits per heavy atom. The lowest BCUT2D eigenvalue weighted by Crippen LogP contribution is -2.28. The molecular formula is C15H23NOS. The highest BCUT2D eigenvalue weighted by Gasteiger charge is 2.22. The van der Waals surface area contributed by atoms with Crippen molar-refractivity contribution in [1.82, 2.24) is 5.32 Å². The lowest BCUT2D eigenvalue weighted by molar-refractivity contribution is 0.397. The zero-order valence-electron chi connectivity index (χ0n) is 11.7. The zero-order valence-corrected chi connectivity index (χ0v) is 12.6. The van der Waals surface area contributed by atoms with Crippen molar-refractivity contribution in [2.75, 3.05) is 26.0 Å². The van der Waals surface area contributed by atoms with Crippen LogP contribution in [0.4, 0.5) is 0 Å². The number of benzene rings is 1. The average molecular weight is 265 g/mol. The van der Waals surface area contributed by atoms with Gasteiger partial charge in [0.15, 0.2) is 0 Å². The topological polar surface area (TPSA) is 21.3 Å². The minimum atomic E-state index is 0.119. The normalized spacial score (nSPS) is 20.8. The molecule has 2 nitrogen and oxygen atoms in total. The average Bonchev–Trinajstić information content (AvgIpc) is 2.38. The Morgan fingerprint density at radius 2 is 2.11 bits per heavy atom. The van der Waals surface area contributed by atoms with E-state index in [1.807, 2.05) is 11.8 Å². The third-order valence-electron chi connectivity index (χ3n) is 3.33. The van der Waals surface area contributed by atoms with Gasteiger partial charge >= 0.3 is 0 Å². The summed E-state index contributed by atoms with van der Waals surface area (Å²) >= 11 is 2.05. The number of methoxy groups -OCH3 is 1. The Bertz CT molecular complexity index is 405. The number of ether oxygens (including phenoxy) is 1. The molecule has 1 unspecified atom stereocenters. The van der Waals surface area contributed by atoms with Crippen molar-refractivity contribution in [2.45, 2.75) is 31.4 Å². The molecule has 1 saturated heterocycles. The second kappa shape index (κ2) is 5.54. The molecule has 0 saturated carbocycles. The van der Waals surface area contributed by atoms with Gasteiger partial charge in [0.2, 0.25) is 0 Å². The second-order valence-electron chi connectivity index (χ2n) is 5.77. The molecule has 0 amide bonds. The van der Waals surface area contributed by atoms with Gasteiger partial charge in [-0.1, -0.05) is 32.9 Å². The minimum absolute atomic E-state index is 0.119. The fourth-order valence-corrected chi connectivity index (χ4v) is 3.41. The number of hydrogen-bond acceptors (Lipinski definition) is 3. The van der Waals surface area contributed by atoms with Gasteiger partial charge in [-0.2, -0.15) is 11.8 Å². The van der Waals surface area contributed by atoms with E-state index in [9.17, 15) is 0 Å². The van der Waals surface area contributed by atoms with E-state index in [4.69, 9.17) is 4.74 Å². The van der Waals surface area contributed by atoms with Gasteiger partial charge in [-0.25, -0.2) is 0 Å². The molecule has 0 spiro atoms. The van der Waals surface area contributed by atoms with Crippen LogP contribution in [0.1, 0.15) is 37.1 Å². The summed E-state index contributed by atoms with van der Waals surface area (Å²) in [7, 11) is 1.75. The SMILES string of the molecule is COc1ccc(C2CNCCS2)cc1C(C)(C)C. The lowest BCUT2D eigenvalue weighted by atomic mass is 9.85. The van der Waals surface area contributed by atoms with Crippen LogP contribution < -0.4 is 10.1 Å². The van der Waals surface area contributed by atoms with Crippen molar-refractivity contribution in [3.05, 3.63) is 29.3 Å². The van der Waals surface area contributed by atoms with Gasteiger partial charge in [-0.3, -0.25) is 0 Å². The summed E-state index contributed by atoms with van der Waals surface area (Å²) in [5, 5.41) is 4.04. The summed E-state index contributed by atoms with van der Waals surface area (Å²) in [5.74, 6) is 2.20. The second-order valence-corrected chi connectivity index (χ2v) is 7.08. The van der Waals surface area contributed by atoms with Crippen LogP contribution in [0.15, 0.2) is 18.2 Å². The van der Waals surface area contributed by atoms with Gasteiger partial charge in [-0.05, 0) is 22.6 Å². The van der Waals surface area contributed by atoms with Crippen molar-refractivity contribution in [3.8, 4) is 5.75 Å². The van der Waals surface area contributed by atoms with Gasteiger partial charge in [-0.15, -0.1) is 0 Å². The Hall–Kier alpha value is -0.670. The first kappa shape index (κ1) is 13.8. The standard InChI is InChI=1S/C15H23NOS/c1-15(2,3)12-9-11(5-6-13(12)17-4)14-10-16-7-8-18-14/h5-6,9,14,16H,7-8,10H2,1-4H3. The van der Waals surface area contributed by atoms with Crippen LogP contribution in [0.25, 0.3) is 0 Å². The van der Waals surface area contributed by atoms with Crippen molar-refractivity contribution in [1.29, 1.82) is 0 Å². The molecule has 2 rings (SSSR count). The molecule has 1 aliphatic heterocycles. The van der Waals surface area contributed by atoms with E-state index in [0.717, 1.165) is 18.8 Å². The Morgan fingerprint density at radius 1 is 1.33 bits per heavy atom. The Kier molecular flexibility index (Phi) is 4.23. The third kappa shape index (κ3) is 3.01. The lowest BCUT2D eigenvalue weighted by Gasteiger charge is -2.27. The largest absolute Gasteiger partial charge is 0.496 e. The first-order chi connectivity index (χ1) is 8.52. The quantitative estimate of drug-likeness (QED) is 0.886. The fraction of sp³-hybridized carbons (Fsp3) is 0.600. The summed E-state index contributed by atoms with van der Waals surface area (Å²) < 4.78 is 5.49. The molecule has 1 atom stereocenters. The molecule has 0 aromatic heterocycles. The van der Waals surface area contributed by atoms with Crippen molar-refractivity contribution in [3.63, 3.8) is 0 Å². The van der Waals surface area contributed by atoms with Crippen molar-refractivity contribution < 1.29 is 4.74 Å². The molecular weight excluding hydrogens is 242 g/mol. The van der Waals surface area contributed by atoms with E-state index < -0.39 is 0 Å². The van der Waals surface area contributed by atoms with Gasteiger partial charge in [0.25, 0.3) is 0 Å². The van der Waals surface area contributed by atoms with E-state index in [1.165, 1.54) is 16.9 Å². The molecule has 0 bridgehead atoms. The zero-order chi connectivity index (χ0) is 13.2. The maximum absolute atomic E-state index is 5.49. The fourth-order valence-electron chi connectivity index (χ4n) is 2.29. The summed E-state index contributed by atoms with van der Waals surface area (Å²) in [6.45, 7) is 8.91. The maximum atomic E-state index is 5.49. The molecule has 1 aromatic carbocycles. The number of rotatable bonds is 2. The summed E-state index contributed by atoms with van der Waals surface area (Å²) in [6, 6.07) is 6.65. The molecule has 1 fully saturated rings. The monoisotopic (exact) mass is 265 g/mol. The first-order valence-electron chi connectivity index (χ1n) is 6.53. The van der Waals surface area contributed by atoms with Gasteiger partial charge in [0.05, 0.1) is 7.11 Å². The highest BCUT2D eigenvalue weighted by Crippen LogP contribution is 2.37. The molecule has 1 N–H and O–H groups in total. The van der Waals surface area contributed by atoms with E-state index in [0.29, 0.717) is 5.25 Å². The van der Waals surface area contributed by atoms with Crippen molar-refractivity contribution >= 4 is 11.8 Å². The smallest absolute Gasteiger partial charge is 0.122 e. The number of nitrogens with one attached hydrogen (secondary N) is 1. The molecule has 100 valence electrons. The van der Waals surface area contributed by atoms with Crippen LogP contribution in [0.3, 0.4) is 0 Å². The van der Waals surface area contributed by atoms with Crippen LogP contribution in [0.2, 0.25) is 0 Å². The predicted molar refractivity (Wildman–Crippen MR) is 79.8 cm³/mol. The summed E-state index contributed by atoms with van der Waals surface area (Å²) in [5.41, 5.74) is 2.83. The van der Waals surface area contributed by atoms with Crippen LogP contribution >= 0.6 is 11.8 Å². The van der Waals surface area contributed by atoms with E-state index in [-0.39, 0.29) is 5.41 Å². The molecule has 1 aliphatic rings.